The lowest BCUT2D eigenvalue weighted by Crippen LogP contribution is -2.18. The number of hydrogen-bond donors (Lipinski definition) is 0. The van der Waals surface area contributed by atoms with E-state index in [-0.39, 0.29) is 19.9 Å². The van der Waals surface area contributed by atoms with E-state index in [0.717, 1.165) is 6.42 Å². The van der Waals surface area contributed by atoms with Crippen LogP contribution in [-0.2, 0) is 17.8 Å². The van der Waals surface area contributed by atoms with Crippen LogP contribution in [0.1, 0.15) is 67.9 Å². The first-order chi connectivity index (χ1) is 8.22. The molecule has 1 rings (SSSR count). The molecule has 0 amide bonds. The van der Waals surface area contributed by atoms with Gasteiger partial charge in [0.2, 0.25) is 0 Å². The number of hydrogen-bond acceptors (Lipinski definition) is 1. The minimum absolute atomic E-state index is 0. The SMILES string of the molecule is C.CCC(C)(C)Cc1ccc(COC(C)(C)C)cc1.O.[HH]. The van der Waals surface area contributed by atoms with Crippen molar-refractivity contribution in [2.24, 2.45) is 5.41 Å². The Kier molecular flexibility index (Phi) is 9.04. The molecule has 20 heavy (non-hydrogen) atoms. The van der Waals surface area contributed by atoms with Gasteiger partial charge in [-0.05, 0) is 43.7 Å². The molecule has 2 N–H and O–H groups in total. The summed E-state index contributed by atoms with van der Waals surface area (Å²) in [7, 11) is 0. The van der Waals surface area contributed by atoms with Crippen LogP contribution in [0.25, 0.3) is 0 Å². The van der Waals surface area contributed by atoms with E-state index in [0.29, 0.717) is 12.0 Å². The van der Waals surface area contributed by atoms with Gasteiger partial charge in [0, 0.05) is 1.43 Å². The molecular weight excluding hydrogens is 248 g/mol. The molecule has 120 valence electrons. The Hall–Kier alpha value is -0.860. The summed E-state index contributed by atoms with van der Waals surface area (Å²) in [5.74, 6) is 0. The van der Waals surface area contributed by atoms with E-state index < -0.39 is 0 Å². The van der Waals surface area contributed by atoms with Crippen molar-refractivity contribution in [1.82, 2.24) is 0 Å². The molecule has 0 aliphatic carbocycles. The first-order valence-electron chi connectivity index (χ1n) is 6.94. The third-order valence-electron chi connectivity index (χ3n) is 3.33. The van der Waals surface area contributed by atoms with E-state index >= 15 is 0 Å². The Bertz CT molecular complexity index is 364. The van der Waals surface area contributed by atoms with Crippen LogP contribution in [0.3, 0.4) is 0 Å². The zero-order chi connectivity index (χ0) is 13.8. The molecule has 0 atom stereocenters. The molecule has 0 aromatic heterocycles. The lowest BCUT2D eigenvalue weighted by atomic mass is 9.83. The largest absolute Gasteiger partial charge is 0.412 e. The maximum atomic E-state index is 5.78. The molecule has 0 radical (unpaired) electrons. The highest BCUT2D eigenvalue weighted by atomic mass is 16.5. The van der Waals surface area contributed by atoms with Crippen LogP contribution >= 0.6 is 0 Å². The predicted molar refractivity (Wildman–Crippen MR) is 91.2 cm³/mol. The molecule has 0 heterocycles. The van der Waals surface area contributed by atoms with Crippen LogP contribution < -0.4 is 0 Å². The van der Waals surface area contributed by atoms with Crippen molar-refractivity contribution in [2.45, 2.75) is 74.0 Å². The lowest BCUT2D eigenvalue weighted by molar-refractivity contribution is -0.0149. The van der Waals surface area contributed by atoms with Gasteiger partial charge in [-0.1, -0.05) is 58.9 Å². The summed E-state index contributed by atoms with van der Waals surface area (Å²) in [5, 5.41) is 0. The summed E-state index contributed by atoms with van der Waals surface area (Å²) >= 11 is 0. The molecule has 2 nitrogen and oxygen atoms in total. The Morgan fingerprint density at radius 2 is 1.40 bits per heavy atom. The Morgan fingerprint density at radius 3 is 1.80 bits per heavy atom. The fraction of sp³-hybridized carbons (Fsp3) is 0.667. The third-order valence-corrected chi connectivity index (χ3v) is 3.33. The molecule has 0 aliphatic rings. The molecule has 0 bridgehead atoms. The summed E-state index contributed by atoms with van der Waals surface area (Å²) in [6.45, 7) is 13.9. The van der Waals surface area contributed by atoms with Gasteiger partial charge < -0.3 is 10.2 Å². The first kappa shape index (κ1) is 21.4. The molecule has 0 unspecified atom stereocenters. The fourth-order valence-electron chi connectivity index (χ4n) is 1.73. The Morgan fingerprint density at radius 1 is 0.950 bits per heavy atom. The summed E-state index contributed by atoms with van der Waals surface area (Å²) in [4.78, 5) is 0. The van der Waals surface area contributed by atoms with Gasteiger partial charge in [0.15, 0.2) is 0 Å². The summed E-state index contributed by atoms with van der Waals surface area (Å²) in [5.41, 5.74) is 3.00. The number of ether oxygens (including phenoxy) is 1. The zero-order valence-corrected chi connectivity index (χ0v) is 13.3. The minimum atomic E-state index is -0.0666. The minimum Gasteiger partial charge on any atom is -0.412 e. The van der Waals surface area contributed by atoms with Gasteiger partial charge in [-0.25, -0.2) is 0 Å². The molecular formula is C18H36O2. The zero-order valence-electron chi connectivity index (χ0n) is 13.3. The maximum absolute atomic E-state index is 5.78. The molecule has 1 aromatic carbocycles. The van der Waals surface area contributed by atoms with Crippen molar-refractivity contribution >= 4 is 0 Å². The molecule has 0 saturated carbocycles. The second-order valence-electron chi connectivity index (χ2n) is 6.91. The van der Waals surface area contributed by atoms with E-state index in [1.165, 1.54) is 17.5 Å². The van der Waals surface area contributed by atoms with Crippen molar-refractivity contribution in [3.8, 4) is 0 Å². The van der Waals surface area contributed by atoms with Crippen LogP contribution in [0.2, 0.25) is 0 Å². The van der Waals surface area contributed by atoms with Crippen molar-refractivity contribution < 1.29 is 11.6 Å². The van der Waals surface area contributed by atoms with E-state index in [1.807, 2.05) is 0 Å². The monoisotopic (exact) mass is 284 g/mol. The molecule has 1 aromatic rings. The smallest absolute Gasteiger partial charge is 0.0724 e. The van der Waals surface area contributed by atoms with Crippen LogP contribution in [-0.4, -0.2) is 11.1 Å². The van der Waals surface area contributed by atoms with Gasteiger partial charge >= 0.3 is 0 Å². The molecule has 0 spiro atoms. The highest BCUT2D eigenvalue weighted by molar-refractivity contribution is 5.23. The van der Waals surface area contributed by atoms with Crippen molar-refractivity contribution in [2.75, 3.05) is 0 Å². The highest BCUT2D eigenvalue weighted by Crippen LogP contribution is 2.25. The van der Waals surface area contributed by atoms with Crippen molar-refractivity contribution in [3.63, 3.8) is 0 Å². The van der Waals surface area contributed by atoms with Gasteiger partial charge in [-0.3, -0.25) is 0 Å². The van der Waals surface area contributed by atoms with E-state index in [4.69, 9.17) is 4.74 Å². The van der Waals surface area contributed by atoms with E-state index in [1.54, 1.807) is 0 Å². The second kappa shape index (κ2) is 8.43. The van der Waals surface area contributed by atoms with Crippen LogP contribution in [0.15, 0.2) is 24.3 Å². The fourth-order valence-corrected chi connectivity index (χ4v) is 1.73. The van der Waals surface area contributed by atoms with E-state index in [2.05, 4.69) is 65.8 Å². The summed E-state index contributed by atoms with van der Waals surface area (Å²) < 4.78 is 5.78. The second-order valence-corrected chi connectivity index (χ2v) is 6.91. The van der Waals surface area contributed by atoms with Crippen molar-refractivity contribution in [1.29, 1.82) is 0 Å². The van der Waals surface area contributed by atoms with Crippen LogP contribution in [0.5, 0.6) is 0 Å². The first-order valence-corrected chi connectivity index (χ1v) is 6.94. The van der Waals surface area contributed by atoms with Crippen LogP contribution in [0, 0.1) is 5.41 Å². The van der Waals surface area contributed by atoms with Gasteiger partial charge in [0.1, 0.15) is 0 Å². The summed E-state index contributed by atoms with van der Waals surface area (Å²) in [6.07, 6.45) is 2.35. The Labute approximate surface area is 127 Å². The van der Waals surface area contributed by atoms with E-state index in [9.17, 15) is 0 Å². The standard InChI is InChI=1S/C17H28O.CH4.H2O.H2/c1-7-17(5,6)12-14-8-10-15(11-9-14)13-18-16(2,3)4;;;/h8-11H,7,12-13H2,1-6H3;1H4;1H2;1H. The third kappa shape index (κ3) is 8.34. The summed E-state index contributed by atoms with van der Waals surface area (Å²) in [6, 6.07) is 8.84. The lowest BCUT2D eigenvalue weighted by Gasteiger charge is -2.23. The molecule has 0 aliphatic heterocycles. The number of rotatable bonds is 5. The maximum Gasteiger partial charge on any atom is 0.0724 e. The normalized spacial score (nSPS) is 11.5. The Balaban J connectivity index is -0.00000108. The van der Waals surface area contributed by atoms with Crippen LogP contribution in [0.4, 0.5) is 0 Å². The van der Waals surface area contributed by atoms with Gasteiger partial charge in [0.25, 0.3) is 0 Å². The molecule has 2 heteroatoms. The molecule has 0 saturated heterocycles. The quantitative estimate of drug-likeness (QED) is 0.747. The molecule has 0 fully saturated rings. The highest BCUT2D eigenvalue weighted by Gasteiger charge is 2.15. The van der Waals surface area contributed by atoms with Gasteiger partial charge in [-0.2, -0.15) is 0 Å². The van der Waals surface area contributed by atoms with Gasteiger partial charge in [0.05, 0.1) is 12.2 Å². The topological polar surface area (TPSA) is 40.7 Å². The average Bonchev–Trinajstić information content (AvgIpc) is 2.27. The number of benzene rings is 1. The van der Waals surface area contributed by atoms with Gasteiger partial charge in [-0.15, -0.1) is 0 Å². The average molecular weight is 284 g/mol. The van der Waals surface area contributed by atoms with Crippen molar-refractivity contribution in [3.05, 3.63) is 35.4 Å². The predicted octanol–water partition coefficient (Wildman–Crippen LogP) is 5.04.